The van der Waals surface area contributed by atoms with Crippen LogP contribution in [0.25, 0.3) is 0 Å². The van der Waals surface area contributed by atoms with E-state index in [0.29, 0.717) is 31.5 Å². The van der Waals surface area contributed by atoms with Gasteiger partial charge in [0, 0.05) is 12.8 Å². The quantitative estimate of drug-likeness (QED) is 0.0147. The molecule has 0 spiro atoms. The van der Waals surface area contributed by atoms with E-state index in [4.69, 9.17) is 33.0 Å². The third-order valence-corrected chi connectivity index (χ3v) is 13.4. The van der Waals surface area contributed by atoms with Crippen LogP contribution in [-0.4, -0.2) is 82.6 Å². The van der Waals surface area contributed by atoms with Crippen LogP contribution in [0.2, 0.25) is 0 Å². The number of hydrogen-bond donors (Lipinski definition) is 4. The van der Waals surface area contributed by atoms with Gasteiger partial charge in [-0.25, -0.2) is 9.13 Å². The number of esters is 2. The van der Waals surface area contributed by atoms with E-state index in [1.807, 2.05) is 12.2 Å². The van der Waals surface area contributed by atoms with Crippen molar-refractivity contribution in [3.63, 3.8) is 0 Å². The Morgan fingerprint density at radius 2 is 1.04 bits per heavy atom. The van der Waals surface area contributed by atoms with Gasteiger partial charge in [0.1, 0.15) is 12.7 Å². The SMILES string of the molecule is CCCCC/C=C\CC1OC1C/C=C\C/C=C\CCCC(=O)O[C@H](COC(=O)CCCCCCCCCCCCCCCCCCCCC(C)CC)COP(=O)(O)OC[C@@H](O)COP(=O)(O)O. The molecule has 0 saturated carbocycles. The van der Waals surface area contributed by atoms with Crippen molar-refractivity contribution < 1.29 is 66.3 Å². The predicted octanol–water partition coefficient (Wildman–Crippen LogP) is 13.3. The van der Waals surface area contributed by atoms with Crippen molar-refractivity contribution in [2.75, 3.05) is 26.4 Å². The Bertz CT molecular complexity index is 1400. The van der Waals surface area contributed by atoms with Gasteiger partial charge in [0.05, 0.1) is 32.0 Å². The highest BCUT2D eigenvalue weighted by Gasteiger charge is 2.36. The minimum Gasteiger partial charge on any atom is -0.462 e. The number of rotatable bonds is 48. The van der Waals surface area contributed by atoms with E-state index >= 15 is 0 Å². The smallest absolute Gasteiger partial charge is 0.462 e. The van der Waals surface area contributed by atoms with Gasteiger partial charge < -0.3 is 34.0 Å². The van der Waals surface area contributed by atoms with Crippen molar-refractivity contribution in [3.8, 4) is 0 Å². The van der Waals surface area contributed by atoms with Gasteiger partial charge in [-0.1, -0.05) is 192 Å². The number of carbonyl (C=O) groups is 2. The molecule has 1 fully saturated rings. The first-order chi connectivity index (χ1) is 32.2. The van der Waals surface area contributed by atoms with Crippen LogP contribution in [0.1, 0.15) is 220 Å². The molecule has 1 heterocycles. The Morgan fingerprint density at radius 1 is 0.567 bits per heavy atom. The van der Waals surface area contributed by atoms with Crippen molar-refractivity contribution in [3.05, 3.63) is 36.5 Å². The van der Waals surface area contributed by atoms with Crippen LogP contribution in [-0.2, 0) is 46.5 Å². The molecular weight excluding hydrogens is 898 g/mol. The third-order valence-electron chi connectivity index (χ3n) is 12.0. The van der Waals surface area contributed by atoms with Crippen LogP contribution in [0.4, 0.5) is 0 Å². The molecule has 0 bridgehead atoms. The lowest BCUT2D eigenvalue weighted by atomic mass is 9.99. The standard InChI is InChI=1S/C51H94O14P2/c1-4-6-7-8-27-32-37-48-49(65-48)38-33-28-23-21-25-30-35-40-51(54)64-47(44-63-67(58,59)62-42-46(52)41-61-66(55,56)57)43-60-50(53)39-34-29-24-20-18-16-14-12-10-9-11-13-15-17-19-22-26-31-36-45(3)5-2/h21,25,27-28,32-33,45-49,52H,4-20,22-24,26,29-31,34-44H2,1-3H3,(H,58,59)(H2,55,56,57)/b25-21-,32-27-,33-28-/t45?,46-,47+,48?,49?/m0/s1. The molecule has 4 N–H and O–H groups in total. The van der Waals surface area contributed by atoms with Crippen LogP contribution >= 0.6 is 15.6 Å². The Morgan fingerprint density at radius 3 is 1.61 bits per heavy atom. The third kappa shape index (κ3) is 42.9. The van der Waals surface area contributed by atoms with Gasteiger partial charge in [0.2, 0.25) is 0 Å². The summed E-state index contributed by atoms with van der Waals surface area (Å²) in [5.74, 6) is -0.211. The lowest BCUT2D eigenvalue weighted by Gasteiger charge is -2.20. The number of hydrogen-bond acceptors (Lipinski definition) is 11. The lowest BCUT2D eigenvalue weighted by molar-refractivity contribution is -0.161. The normalized spacial score (nSPS) is 17.6. The van der Waals surface area contributed by atoms with Gasteiger partial charge in [-0.2, -0.15) is 0 Å². The zero-order valence-electron chi connectivity index (χ0n) is 41.9. The van der Waals surface area contributed by atoms with Crippen LogP contribution in [0.5, 0.6) is 0 Å². The first kappa shape index (κ1) is 63.3. The maximum atomic E-state index is 12.7. The van der Waals surface area contributed by atoms with Crippen molar-refractivity contribution in [1.82, 2.24) is 0 Å². The molecule has 1 rings (SSSR count). The minimum atomic E-state index is -4.87. The summed E-state index contributed by atoms with van der Waals surface area (Å²) >= 11 is 0. The monoisotopic (exact) mass is 993 g/mol. The van der Waals surface area contributed by atoms with Gasteiger partial charge in [0.25, 0.3) is 0 Å². The molecule has 0 aromatic carbocycles. The molecule has 14 nitrogen and oxygen atoms in total. The van der Waals surface area contributed by atoms with Crippen molar-refractivity contribution in [1.29, 1.82) is 0 Å². The average molecular weight is 993 g/mol. The average Bonchev–Trinajstić information content (AvgIpc) is 4.05. The molecule has 0 aliphatic carbocycles. The van der Waals surface area contributed by atoms with Crippen LogP contribution in [0.3, 0.4) is 0 Å². The Kier molecular flexibility index (Phi) is 39.7. The Hall–Kier alpha value is -1.70. The molecule has 67 heavy (non-hydrogen) atoms. The zero-order chi connectivity index (χ0) is 49.3. The zero-order valence-corrected chi connectivity index (χ0v) is 43.7. The number of carbonyl (C=O) groups excluding carboxylic acids is 2. The maximum Gasteiger partial charge on any atom is 0.472 e. The molecular formula is C51H94O14P2. The Balaban J connectivity index is 2.29. The summed E-state index contributed by atoms with van der Waals surface area (Å²) in [4.78, 5) is 53.0. The summed E-state index contributed by atoms with van der Waals surface area (Å²) in [5.41, 5.74) is 0. The molecule has 0 amide bonds. The summed E-state index contributed by atoms with van der Waals surface area (Å²) in [6.07, 6.45) is 44.5. The number of epoxide rings is 1. The van der Waals surface area contributed by atoms with E-state index in [0.717, 1.165) is 50.9 Å². The maximum absolute atomic E-state index is 12.7. The minimum absolute atomic E-state index is 0.0518. The second kappa shape index (κ2) is 42.0. The molecule has 1 aliphatic rings. The van der Waals surface area contributed by atoms with Crippen molar-refractivity contribution >= 4 is 27.6 Å². The fourth-order valence-electron chi connectivity index (χ4n) is 7.48. The molecule has 16 heteroatoms. The van der Waals surface area contributed by atoms with Gasteiger partial charge in [0.15, 0.2) is 6.10 Å². The first-order valence-electron chi connectivity index (χ1n) is 26.2. The van der Waals surface area contributed by atoms with E-state index in [2.05, 4.69) is 49.6 Å². The van der Waals surface area contributed by atoms with Crippen LogP contribution in [0, 0.1) is 5.92 Å². The molecule has 392 valence electrons. The number of aliphatic hydroxyl groups is 1. The van der Waals surface area contributed by atoms with Gasteiger partial charge in [-0.15, -0.1) is 0 Å². The predicted molar refractivity (Wildman–Crippen MR) is 266 cm³/mol. The molecule has 0 radical (unpaired) electrons. The van der Waals surface area contributed by atoms with E-state index in [1.165, 1.54) is 122 Å². The highest BCUT2D eigenvalue weighted by atomic mass is 31.2. The number of unbranched alkanes of at least 4 members (excludes halogenated alkanes) is 21. The topological polar surface area (TPSA) is 208 Å². The summed E-state index contributed by atoms with van der Waals surface area (Å²) in [6, 6.07) is 0. The number of phosphoric acid groups is 2. The highest BCUT2D eigenvalue weighted by molar-refractivity contribution is 7.47. The molecule has 4 unspecified atom stereocenters. The summed E-state index contributed by atoms with van der Waals surface area (Å²) < 4.78 is 53.7. The molecule has 0 aromatic heterocycles. The molecule has 6 atom stereocenters. The second-order valence-electron chi connectivity index (χ2n) is 18.4. The van der Waals surface area contributed by atoms with Gasteiger partial charge in [-0.05, 0) is 57.3 Å². The fraction of sp³-hybridized carbons (Fsp3) is 0.843. The number of phosphoric ester groups is 2. The van der Waals surface area contributed by atoms with E-state index < -0.39 is 66.2 Å². The Labute approximate surface area is 405 Å². The van der Waals surface area contributed by atoms with E-state index in [9.17, 15) is 28.7 Å². The van der Waals surface area contributed by atoms with Crippen LogP contribution in [0.15, 0.2) is 36.5 Å². The van der Waals surface area contributed by atoms with Crippen molar-refractivity contribution in [2.24, 2.45) is 5.92 Å². The molecule has 1 saturated heterocycles. The lowest BCUT2D eigenvalue weighted by Crippen LogP contribution is -2.29. The summed E-state index contributed by atoms with van der Waals surface area (Å²) in [5, 5.41) is 9.78. The fourth-order valence-corrected chi connectivity index (χ4v) is 8.63. The first-order valence-corrected chi connectivity index (χ1v) is 29.2. The molecule has 1 aliphatic heterocycles. The summed E-state index contributed by atoms with van der Waals surface area (Å²) in [6.45, 7) is 4.08. The molecule has 0 aromatic rings. The van der Waals surface area contributed by atoms with E-state index in [1.54, 1.807) is 0 Å². The van der Waals surface area contributed by atoms with Gasteiger partial charge >= 0.3 is 27.6 Å². The second-order valence-corrected chi connectivity index (χ2v) is 21.1. The van der Waals surface area contributed by atoms with Crippen molar-refractivity contribution in [2.45, 2.75) is 244 Å². The largest absolute Gasteiger partial charge is 0.472 e. The summed E-state index contributed by atoms with van der Waals surface area (Å²) in [7, 11) is -9.71. The number of aliphatic hydroxyl groups excluding tert-OH is 1. The van der Waals surface area contributed by atoms with Gasteiger partial charge in [-0.3, -0.25) is 23.2 Å². The highest BCUT2D eigenvalue weighted by Crippen LogP contribution is 2.44. The van der Waals surface area contributed by atoms with Crippen LogP contribution < -0.4 is 0 Å². The number of allylic oxidation sites excluding steroid dienone is 4. The number of ether oxygens (including phenoxy) is 3. The van der Waals surface area contributed by atoms with E-state index in [-0.39, 0.29) is 12.8 Å².